The Morgan fingerprint density at radius 1 is 1.50 bits per heavy atom. The summed E-state index contributed by atoms with van der Waals surface area (Å²) in [4.78, 5) is 12.3. The number of amides is 1. The van der Waals surface area contributed by atoms with Crippen molar-refractivity contribution in [2.75, 3.05) is 13.1 Å². The van der Waals surface area contributed by atoms with Crippen molar-refractivity contribution in [3.8, 4) is 0 Å². The van der Waals surface area contributed by atoms with Crippen LogP contribution in [0, 0.1) is 0 Å². The molecular formula is C16H25FN2O3. The summed E-state index contributed by atoms with van der Waals surface area (Å²) in [6, 6.07) is 0. The number of nitrogens with one attached hydrogen (secondary N) is 2. The van der Waals surface area contributed by atoms with Crippen LogP contribution in [0.25, 0.3) is 0 Å². The van der Waals surface area contributed by atoms with Crippen LogP contribution >= 0.6 is 0 Å². The number of aliphatic hydroxyl groups excluding tert-OH is 1. The maximum atomic E-state index is 12.3. The van der Waals surface area contributed by atoms with Gasteiger partial charge in [-0.2, -0.15) is 5.54 Å². The van der Waals surface area contributed by atoms with Crippen molar-refractivity contribution >= 4 is 5.91 Å². The van der Waals surface area contributed by atoms with Crippen LogP contribution in [0.4, 0.5) is 4.48 Å². The molecule has 0 aromatic carbocycles. The topological polar surface area (TPSA) is 70.6 Å². The molecule has 124 valence electrons. The Bertz CT molecular complexity index is 500. The lowest BCUT2D eigenvalue weighted by Gasteiger charge is -2.36. The Kier molecular flexibility index (Phi) is 6.61. The molecule has 6 heteroatoms. The lowest BCUT2D eigenvalue weighted by molar-refractivity contribution is -0.141. The second-order valence-corrected chi connectivity index (χ2v) is 5.73. The fraction of sp³-hybridized carbons (Fsp3) is 0.562. The van der Waals surface area contributed by atoms with Crippen molar-refractivity contribution in [1.29, 1.82) is 0 Å². The molecule has 1 rings (SSSR count). The van der Waals surface area contributed by atoms with Gasteiger partial charge in [0.2, 0.25) is 0 Å². The van der Waals surface area contributed by atoms with E-state index in [0.717, 1.165) is 11.8 Å². The lowest BCUT2D eigenvalue weighted by Crippen LogP contribution is -2.48. The molecule has 1 atom stereocenters. The Morgan fingerprint density at radius 3 is 2.73 bits per heavy atom. The summed E-state index contributed by atoms with van der Waals surface area (Å²) >= 11 is 0. The molecule has 1 heterocycles. The van der Waals surface area contributed by atoms with Gasteiger partial charge < -0.3 is 15.2 Å². The van der Waals surface area contributed by atoms with E-state index in [1.807, 2.05) is 0 Å². The van der Waals surface area contributed by atoms with E-state index >= 15 is 0 Å². The zero-order chi connectivity index (χ0) is 16.8. The number of carbonyl (C=O) groups is 1. The number of hydrogen-bond donors (Lipinski definition) is 3. The maximum absolute atomic E-state index is 12.3. The first-order valence-corrected chi connectivity index (χ1v) is 7.37. The van der Waals surface area contributed by atoms with Crippen LogP contribution in [0.5, 0.6) is 0 Å². The van der Waals surface area contributed by atoms with Crippen molar-refractivity contribution in [1.82, 2.24) is 10.9 Å². The quantitative estimate of drug-likeness (QED) is 0.384. The van der Waals surface area contributed by atoms with E-state index in [4.69, 9.17) is 4.74 Å². The Hall–Kier alpha value is -1.82. The van der Waals surface area contributed by atoms with Crippen LogP contribution in [0.15, 0.2) is 35.3 Å². The molecule has 0 bridgehead atoms. The number of rotatable bonds is 7. The fourth-order valence-corrected chi connectivity index (χ4v) is 2.32. The number of ether oxygens (including phenoxy) is 1. The molecule has 0 aromatic rings. The first-order valence-electron chi connectivity index (χ1n) is 7.37. The summed E-state index contributed by atoms with van der Waals surface area (Å²) in [5.41, 5.74) is 2.83. The predicted molar refractivity (Wildman–Crippen MR) is 83.7 cm³/mol. The van der Waals surface area contributed by atoms with Gasteiger partial charge in [0.05, 0.1) is 6.26 Å². The summed E-state index contributed by atoms with van der Waals surface area (Å²) in [5.74, 6) is 0.326. The highest BCUT2D eigenvalue weighted by Gasteiger charge is 2.40. The highest BCUT2D eigenvalue weighted by atomic mass is 19.2. The minimum Gasteiger partial charge on any atom is -0.515 e. The molecule has 5 nitrogen and oxygen atoms in total. The Labute approximate surface area is 130 Å². The monoisotopic (exact) mass is 312 g/mol. The third-order valence-corrected chi connectivity index (χ3v) is 3.72. The average Bonchev–Trinajstić information content (AvgIpc) is 2.50. The van der Waals surface area contributed by atoms with Crippen LogP contribution in [0.3, 0.4) is 0 Å². The molecule has 1 amide bonds. The van der Waals surface area contributed by atoms with Gasteiger partial charge in [-0.3, -0.25) is 4.79 Å². The summed E-state index contributed by atoms with van der Waals surface area (Å²) in [6.07, 6.45) is 2.64. The number of allylic oxidation sites excluding steroid dienone is 3. The first kappa shape index (κ1) is 18.2. The number of hydrogen-bond acceptors (Lipinski definition) is 4. The highest BCUT2D eigenvalue weighted by molar-refractivity contribution is 5.85. The van der Waals surface area contributed by atoms with Crippen LogP contribution in [-0.2, 0) is 9.53 Å². The van der Waals surface area contributed by atoms with Gasteiger partial charge in [-0.1, -0.05) is 6.58 Å². The van der Waals surface area contributed by atoms with E-state index in [1.54, 1.807) is 26.3 Å². The van der Waals surface area contributed by atoms with Crippen LogP contribution < -0.4 is 10.9 Å². The molecular weight excluding hydrogens is 287 g/mol. The predicted octanol–water partition coefficient (Wildman–Crippen LogP) is 2.83. The largest absolute Gasteiger partial charge is 0.515 e. The van der Waals surface area contributed by atoms with E-state index in [1.165, 1.54) is 0 Å². The van der Waals surface area contributed by atoms with Crippen LogP contribution in [0.2, 0.25) is 0 Å². The zero-order valence-electron chi connectivity index (χ0n) is 13.5. The third-order valence-electron chi connectivity index (χ3n) is 3.72. The van der Waals surface area contributed by atoms with Gasteiger partial charge in [0.15, 0.2) is 5.60 Å². The van der Waals surface area contributed by atoms with Gasteiger partial charge in [-0.05, 0) is 44.8 Å². The van der Waals surface area contributed by atoms with Crippen LogP contribution in [-0.4, -0.2) is 29.7 Å². The fourth-order valence-electron chi connectivity index (χ4n) is 2.32. The number of halogens is 1. The third kappa shape index (κ3) is 4.34. The Morgan fingerprint density at radius 2 is 2.18 bits per heavy atom. The van der Waals surface area contributed by atoms with E-state index in [9.17, 15) is 14.4 Å². The molecule has 3 N–H and O–H groups in total. The maximum Gasteiger partial charge on any atom is 0.263 e. The minimum atomic E-state index is -0.989. The summed E-state index contributed by atoms with van der Waals surface area (Å²) < 4.78 is 17.7. The second-order valence-electron chi connectivity index (χ2n) is 5.73. The molecule has 0 spiro atoms. The van der Waals surface area contributed by atoms with Gasteiger partial charge in [-0.15, -0.1) is 4.48 Å². The van der Waals surface area contributed by atoms with Crippen LogP contribution in [0.1, 0.15) is 40.0 Å². The first-order chi connectivity index (χ1) is 10.4. The highest BCUT2D eigenvalue weighted by Crippen LogP contribution is 2.37. The smallest absolute Gasteiger partial charge is 0.263 e. The second kappa shape index (κ2) is 7.98. The van der Waals surface area contributed by atoms with Crippen molar-refractivity contribution < 1.29 is 19.1 Å². The molecule has 0 fully saturated rings. The van der Waals surface area contributed by atoms with E-state index < -0.39 is 5.60 Å². The number of carbonyl (C=O) groups excluding carboxylic acids is 1. The molecule has 1 aliphatic heterocycles. The SMILES string of the molecule is C=C(C)C1=C(/C(C)=C/O)CCC(C)(C(=O)NCCCNF)O1. The standard InChI is InChI=1S/C16H25FN2O3/c1-11(2)14-13(12(3)10-20)6-7-16(4,22-14)15(21)18-8-5-9-19-17/h10,19-20H,1,5-9H2,2-4H3,(H,18,21)/b12-10+. The van der Waals surface area contributed by atoms with Crippen molar-refractivity contribution in [2.24, 2.45) is 0 Å². The molecule has 1 aliphatic rings. The van der Waals surface area contributed by atoms with E-state index in [2.05, 4.69) is 11.9 Å². The average molecular weight is 312 g/mol. The molecule has 0 aliphatic carbocycles. The Balaban J connectivity index is 2.85. The van der Waals surface area contributed by atoms with Gasteiger partial charge in [0.1, 0.15) is 5.76 Å². The van der Waals surface area contributed by atoms with Gasteiger partial charge in [0, 0.05) is 25.1 Å². The minimum absolute atomic E-state index is 0.194. The molecule has 0 saturated carbocycles. The molecule has 22 heavy (non-hydrogen) atoms. The summed E-state index contributed by atoms with van der Waals surface area (Å²) in [7, 11) is 0. The van der Waals surface area contributed by atoms with E-state index in [-0.39, 0.29) is 12.5 Å². The zero-order valence-corrected chi connectivity index (χ0v) is 13.5. The molecule has 0 radical (unpaired) electrons. The number of aliphatic hydroxyl groups is 1. The summed E-state index contributed by atoms with van der Waals surface area (Å²) in [6.45, 7) is 9.77. The van der Waals surface area contributed by atoms with Gasteiger partial charge in [-0.25, -0.2) is 0 Å². The molecule has 0 aromatic heterocycles. The molecule has 0 saturated heterocycles. The van der Waals surface area contributed by atoms with Gasteiger partial charge in [0.25, 0.3) is 5.91 Å². The normalized spacial score (nSPS) is 22.3. The van der Waals surface area contributed by atoms with Crippen molar-refractivity contribution in [3.05, 3.63) is 35.3 Å². The van der Waals surface area contributed by atoms with Crippen molar-refractivity contribution in [3.63, 3.8) is 0 Å². The lowest BCUT2D eigenvalue weighted by atomic mass is 9.88. The van der Waals surface area contributed by atoms with Gasteiger partial charge >= 0.3 is 0 Å². The summed E-state index contributed by atoms with van der Waals surface area (Å²) in [5, 5.41) is 12.0. The van der Waals surface area contributed by atoms with E-state index in [0.29, 0.717) is 42.7 Å². The van der Waals surface area contributed by atoms with Crippen molar-refractivity contribution in [2.45, 2.75) is 45.6 Å². The molecule has 1 unspecified atom stereocenters.